The number of para-hydroxylation sites is 1. The van der Waals surface area contributed by atoms with E-state index < -0.39 is 18.0 Å². The molecule has 4 rings (SSSR count). The number of amides is 3. The molecule has 2 N–H and O–H groups in total. The van der Waals surface area contributed by atoms with Gasteiger partial charge >= 0.3 is 12.0 Å². The van der Waals surface area contributed by atoms with Crippen molar-refractivity contribution in [2.75, 3.05) is 20.3 Å². The molecular weight excluding hydrogens is 374 g/mol. The van der Waals surface area contributed by atoms with Crippen LogP contribution >= 0.6 is 0 Å². The van der Waals surface area contributed by atoms with E-state index in [1.165, 1.54) is 18.4 Å². The fourth-order valence-corrected chi connectivity index (χ4v) is 4.28. The molecule has 3 aliphatic rings. The highest BCUT2D eigenvalue weighted by atomic mass is 16.5. The fraction of sp³-hybridized carbons (Fsp3) is 0.476. The standard InChI is InChI=1S/C21H25N3O5/c1-28-16-10-6-5-9-14(16)19-18-15(12-29-20(18)26)24(21(27)23-19)11-17(25)22-13-7-3-2-4-8-13/h5-6,9-10,13,19H,2-4,7-8,11-12H2,1H3,(H,22,25)(H,23,27). The van der Waals surface area contributed by atoms with Crippen LogP contribution in [0, 0.1) is 0 Å². The Morgan fingerprint density at radius 2 is 2.00 bits per heavy atom. The highest BCUT2D eigenvalue weighted by molar-refractivity contribution is 5.98. The molecule has 0 bridgehead atoms. The fourth-order valence-electron chi connectivity index (χ4n) is 4.28. The molecule has 1 unspecified atom stereocenters. The van der Waals surface area contributed by atoms with Crippen molar-refractivity contribution >= 4 is 17.9 Å². The van der Waals surface area contributed by atoms with E-state index in [2.05, 4.69) is 10.6 Å². The Hall–Kier alpha value is -3.03. The number of methoxy groups -OCH3 is 1. The van der Waals surface area contributed by atoms with Gasteiger partial charge in [-0.2, -0.15) is 0 Å². The molecule has 3 amide bonds. The zero-order chi connectivity index (χ0) is 20.4. The first-order chi connectivity index (χ1) is 14.1. The minimum Gasteiger partial charge on any atom is -0.496 e. The van der Waals surface area contributed by atoms with Crippen molar-refractivity contribution in [3.63, 3.8) is 0 Å². The summed E-state index contributed by atoms with van der Waals surface area (Å²) >= 11 is 0. The molecule has 1 aromatic rings. The summed E-state index contributed by atoms with van der Waals surface area (Å²) in [6, 6.07) is 6.24. The number of carbonyl (C=O) groups is 3. The number of nitrogens with zero attached hydrogens (tertiary/aromatic N) is 1. The third-order valence-electron chi connectivity index (χ3n) is 5.72. The predicted molar refractivity (Wildman–Crippen MR) is 104 cm³/mol. The molecule has 0 aromatic heterocycles. The second kappa shape index (κ2) is 8.14. The topological polar surface area (TPSA) is 97.0 Å². The maximum atomic E-state index is 12.8. The number of rotatable bonds is 5. The Bertz CT molecular complexity index is 860. The van der Waals surface area contributed by atoms with Crippen molar-refractivity contribution in [3.05, 3.63) is 41.1 Å². The molecule has 8 heteroatoms. The van der Waals surface area contributed by atoms with Gasteiger partial charge in [0.25, 0.3) is 0 Å². The van der Waals surface area contributed by atoms with Crippen molar-refractivity contribution in [1.82, 2.24) is 15.5 Å². The normalized spacial score (nSPS) is 22.1. The molecule has 154 valence electrons. The monoisotopic (exact) mass is 399 g/mol. The molecule has 1 fully saturated rings. The second-order valence-electron chi connectivity index (χ2n) is 7.55. The van der Waals surface area contributed by atoms with Gasteiger partial charge in [-0.15, -0.1) is 0 Å². The third kappa shape index (κ3) is 3.79. The van der Waals surface area contributed by atoms with Crippen LogP contribution in [0.2, 0.25) is 0 Å². The van der Waals surface area contributed by atoms with Crippen molar-refractivity contribution < 1.29 is 23.9 Å². The van der Waals surface area contributed by atoms with Gasteiger partial charge in [-0.05, 0) is 18.9 Å². The van der Waals surface area contributed by atoms with Gasteiger partial charge in [0.1, 0.15) is 18.9 Å². The molecule has 0 saturated heterocycles. The lowest BCUT2D eigenvalue weighted by Gasteiger charge is -2.33. The lowest BCUT2D eigenvalue weighted by Crippen LogP contribution is -2.51. The number of esters is 1. The first kappa shape index (κ1) is 19.3. The molecule has 1 aliphatic carbocycles. The van der Waals surface area contributed by atoms with Crippen LogP contribution in [0.3, 0.4) is 0 Å². The molecule has 0 radical (unpaired) electrons. The Morgan fingerprint density at radius 1 is 1.24 bits per heavy atom. The summed E-state index contributed by atoms with van der Waals surface area (Å²) in [4.78, 5) is 39.2. The van der Waals surface area contributed by atoms with Crippen molar-refractivity contribution in [2.45, 2.75) is 44.2 Å². The molecule has 1 saturated carbocycles. The van der Waals surface area contributed by atoms with Crippen molar-refractivity contribution in [2.24, 2.45) is 0 Å². The summed E-state index contributed by atoms with van der Waals surface area (Å²) in [5.41, 5.74) is 1.45. The molecule has 29 heavy (non-hydrogen) atoms. The van der Waals surface area contributed by atoms with Gasteiger partial charge in [0.05, 0.1) is 24.4 Å². The third-order valence-corrected chi connectivity index (χ3v) is 5.72. The zero-order valence-electron chi connectivity index (χ0n) is 16.4. The van der Waals surface area contributed by atoms with E-state index in [4.69, 9.17) is 9.47 Å². The Morgan fingerprint density at radius 3 is 2.76 bits per heavy atom. The highest BCUT2D eigenvalue weighted by Gasteiger charge is 2.43. The summed E-state index contributed by atoms with van der Waals surface area (Å²) in [5.74, 6) is -0.157. The lowest BCUT2D eigenvalue weighted by atomic mass is 9.94. The van der Waals surface area contributed by atoms with E-state index in [0.717, 1.165) is 25.7 Å². The van der Waals surface area contributed by atoms with Crippen LogP contribution in [-0.4, -0.2) is 49.1 Å². The molecule has 2 aliphatic heterocycles. The van der Waals surface area contributed by atoms with Crippen molar-refractivity contribution in [3.8, 4) is 5.75 Å². The van der Waals surface area contributed by atoms with Crippen LogP contribution in [-0.2, 0) is 14.3 Å². The summed E-state index contributed by atoms with van der Waals surface area (Å²) in [7, 11) is 1.54. The average molecular weight is 399 g/mol. The number of hydrogen-bond acceptors (Lipinski definition) is 5. The van der Waals surface area contributed by atoms with Gasteiger partial charge in [0, 0.05) is 11.6 Å². The van der Waals surface area contributed by atoms with Crippen LogP contribution < -0.4 is 15.4 Å². The van der Waals surface area contributed by atoms with Gasteiger partial charge in [-0.25, -0.2) is 9.59 Å². The first-order valence-electron chi connectivity index (χ1n) is 9.99. The van der Waals surface area contributed by atoms with E-state index in [-0.39, 0.29) is 25.1 Å². The van der Waals surface area contributed by atoms with E-state index >= 15 is 0 Å². The quantitative estimate of drug-likeness (QED) is 0.739. The number of ether oxygens (including phenoxy) is 2. The molecular formula is C21H25N3O5. The van der Waals surface area contributed by atoms with Crippen LogP contribution in [0.5, 0.6) is 5.75 Å². The molecule has 0 spiro atoms. The van der Waals surface area contributed by atoms with E-state index in [1.807, 2.05) is 12.1 Å². The molecule has 1 atom stereocenters. The van der Waals surface area contributed by atoms with Crippen LogP contribution in [0.4, 0.5) is 4.79 Å². The van der Waals surface area contributed by atoms with Gasteiger partial charge < -0.3 is 20.1 Å². The van der Waals surface area contributed by atoms with Gasteiger partial charge in [0.2, 0.25) is 5.91 Å². The van der Waals surface area contributed by atoms with Crippen molar-refractivity contribution in [1.29, 1.82) is 0 Å². The number of carbonyl (C=O) groups excluding carboxylic acids is 3. The van der Waals surface area contributed by atoms with E-state index in [9.17, 15) is 14.4 Å². The molecule has 2 heterocycles. The minimum absolute atomic E-state index is 0.0239. The van der Waals surface area contributed by atoms with Gasteiger partial charge in [0.15, 0.2) is 0 Å². The molecule has 1 aromatic carbocycles. The largest absolute Gasteiger partial charge is 0.496 e. The summed E-state index contributed by atoms with van der Waals surface area (Å²) in [6.07, 6.45) is 5.33. The maximum Gasteiger partial charge on any atom is 0.338 e. The number of benzene rings is 1. The molecule has 8 nitrogen and oxygen atoms in total. The zero-order valence-corrected chi connectivity index (χ0v) is 16.4. The number of hydrogen-bond donors (Lipinski definition) is 2. The first-order valence-corrected chi connectivity index (χ1v) is 9.99. The van der Waals surface area contributed by atoms with Gasteiger partial charge in [-0.1, -0.05) is 37.5 Å². The van der Waals surface area contributed by atoms with E-state index in [1.54, 1.807) is 12.1 Å². The summed E-state index contributed by atoms with van der Waals surface area (Å²) in [6.45, 7) is -0.166. The Labute approximate surface area is 169 Å². The predicted octanol–water partition coefficient (Wildman–Crippen LogP) is 2.02. The number of cyclic esters (lactones) is 1. The van der Waals surface area contributed by atoms with E-state index in [0.29, 0.717) is 22.6 Å². The summed E-state index contributed by atoms with van der Waals surface area (Å²) in [5, 5.41) is 5.85. The highest BCUT2D eigenvalue weighted by Crippen LogP contribution is 2.38. The Balaban J connectivity index is 1.58. The number of urea groups is 1. The van der Waals surface area contributed by atoms with Crippen LogP contribution in [0.1, 0.15) is 43.7 Å². The SMILES string of the molecule is COc1ccccc1C1NC(=O)N(CC(=O)NC2CCCCC2)C2=C1C(=O)OC2. The van der Waals surface area contributed by atoms with Gasteiger partial charge in [-0.3, -0.25) is 9.69 Å². The minimum atomic E-state index is -0.679. The second-order valence-corrected chi connectivity index (χ2v) is 7.55. The number of nitrogens with one attached hydrogen (secondary N) is 2. The average Bonchev–Trinajstić information content (AvgIpc) is 3.12. The van der Waals surface area contributed by atoms with Crippen LogP contribution in [0.15, 0.2) is 35.5 Å². The maximum absolute atomic E-state index is 12.8. The smallest absolute Gasteiger partial charge is 0.338 e. The van der Waals surface area contributed by atoms with Crippen LogP contribution in [0.25, 0.3) is 0 Å². The Kier molecular flexibility index (Phi) is 5.42. The summed E-state index contributed by atoms with van der Waals surface area (Å²) < 4.78 is 10.6. The lowest BCUT2D eigenvalue weighted by molar-refractivity contribution is -0.136.